The average Bonchev–Trinajstić information content (AvgIpc) is 2.04. The summed E-state index contributed by atoms with van der Waals surface area (Å²) in [5.41, 5.74) is 1.11. The quantitative estimate of drug-likeness (QED) is 0.739. The second kappa shape index (κ2) is 4.58. The fourth-order valence-electron chi connectivity index (χ4n) is 0.927. The van der Waals surface area contributed by atoms with E-state index in [4.69, 9.17) is 0 Å². The summed E-state index contributed by atoms with van der Waals surface area (Å²) in [6.45, 7) is 4.10. The highest BCUT2D eigenvalue weighted by Crippen LogP contribution is 2.07. The molecule has 0 bridgehead atoms. The lowest BCUT2D eigenvalue weighted by Gasteiger charge is -2.12. The van der Waals surface area contributed by atoms with Crippen molar-refractivity contribution in [3.05, 3.63) is 28.5 Å². The Bertz CT molecular complexity index is 250. The van der Waals surface area contributed by atoms with Gasteiger partial charge in [0.05, 0.1) is 5.69 Å². The molecular formula is C9H13BrN2. The van der Waals surface area contributed by atoms with Crippen LogP contribution in [0.3, 0.4) is 0 Å². The molecule has 0 aliphatic carbocycles. The molecule has 0 atom stereocenters. The molecule has 0 radical (unpaired) electrons. The predicted octanol–water partition coefficient (Wildman–Crippen LogP) is 2.30. The van der Waals surface area contributed by atoms with E-state index in [9.17, 15) is 0 Å². The fraction of sp³-hybridized carbons (Fsp3) is 0.444. The lowest BCUT2D eigenvalue weighted by atomic mass is 10.3. The minimum Gasteiger partial charge on any atom is -0.301 e. The number of rotatable bonds is 3. The van der Waals surface area contributed by atoms with Gasteiger partial charge < -0.3 is 4.90 Å². The predicted molar refractivity (Wildman–Crippen MR) is 53.9 cm³/mol. The molecule has 1 aromatic rings. The Kier molecular flexibility index (Phi) is 3.69. The average molecular weight is 229 g/mol. The largest absolute Gasteiger partial charge is 0.301 e. The number of aromatic nitrogens is 1. The molecule has 1 aromatic heterocycles. The molecule has 1 rings (SSSR count). The Hall–Kier alpha value is -0.410. The molecule has 1 heterocycles. The fourth-order valence-corrected chi connectivity index (χ4v) is 1.31. The Morgan fingerprint density at radius 2 is 2.25 bits per heavy atom. The van der Waals surface area contributed by atoms with Gasteiger partial charge in [-0.05, 0) is 41.7 Å². The van der Waals surface area contributed by atoms with Crippen molar-refractivity contribution in [1.29, 1.82) is 0 Å². The summed E-state index contributed by atoms with van der Waals surface area (Å²) in [7, 11) is 2.09. The molecule has 0 aromatic carbocycles. The van der Waals surface area contributed by atoms with E-state index in [1.54, 1.807) is 0 Å². The molecular weight excluding hydrogens is 216 g/mol. The molecule has 0 unspecified atom stereocenters. The van der Waals surface area contributed by atoms with Gasteiger partial charge in [0.25, 0.3) is 0 Å². The first kappa shape index (κ1) is 9.68. The van der Waals surface area contributed by atoms with E-state index in [0.29, 0.717) is 0 Å². The van der Waals surface area contributed by atoms with Crippen LogP contribution in [0.25, 0.3) is 0 Å². The van der Waals surface area contributed by atoms with Crippen LogP contribution in [0.15, 0.2) is 22.8 Å². The summed E-state index contributed by atoms with van der Waals surface area (Å²) in [6.07, 6.45) is 0. The second-order valence-electron chi connectivity index (χ2n) is 2.78. The van der Waals surface area contributed by atoms with Gasteiger partial charge in [-0.1, -0.05) is 13.0 Å². The van der Waals surface area contributed by atoms with Crippen molar-refractivity contribution in [2.45, 2.75) is 13.5 Å². The van der Waals surface area contributed by atoms with Gasteiger partial charge >= 0.3 is 0 Å². The van der Waals surface area contributed by atoms with E-state index >= 15 is 0 Å². The minimum absolute atomic E-state index is 0.907. The van der Waals surface area contributed by atoms with Crippen molar-refractivity contribution in [2.75, 3.05) is 13.6 Å². The van der Waals surface area contributed by atoms with Gasteiger partial charge in [-0.3, -0.25) is 0 Å². The van der Waals surface area contributed by atoms with Gasteiger partial charge in [0.2, 0.25) is 0 Å². The smallest absolute Gasteiger partial charge is 0.106 e. The van der Waals surface area contributed by atoms with Gasteiger partial charge in [0.15, 0.2) is 0 Å². The van der Waals surface area contributed by atoms with Crippen molar-refractivity contribution in [3.8, 4) is 0 Å². The van der Waals surface area contributed by atoms with Gasteiger partial charge in [-0.25, -0.2) is 4.98 Å². The molecule has 0 amide bonds. The van der Waals surface area contributed by atoms with E-state index in [1.807, 2.05) is 18.2 Å². The first-order valence-corrected chi connectivity index (χ1v) is 4.81. The molecule has 0 fully saturated rings. The molecule has 3 heteroatoms. The summed E-state index contributed by atoms with van der Waals surface area (Å²) in [6, 6.07) is 5.99. The normalized spacial score (nSPS) is 10.7. The zero-order valence-corrected chi connectivity index (χ0v) is 9.00. The van der Waals surface area contributed by atoms with Crippen LogP contribution in [-0.2, 0) is 6.54 Å². The van der Waals surface area contributed by atoms with Gasteiger partial charge in [0, 0.05) is 6.54 Å². The highest BCUT2D eigenvalue weighted by molar-refractivity contribution is 9.10. The number of hydrogen-bond donors (Lipinski definition) is 0. The maximum absolute atomic E-state index is 4.34. The first-order chi connectivity index (χ1) is 5.72. The topological polar surface area (TPSA) is 16.1 Å². The zero-order valence-electron chi connectivity index (χ0n) is 7.42. The van der Waals surface area contributed by atoms with Crippen LogP contribution in [0, 0.1) is 0 Å². The van der Waals surface area contributed by atoms with Crippen LogP contribution in [0.1, 0.15) is 12.6 Å². The molecule has 0 N–H and O–H groups in total. The lowest BCUT2D eigenvalue weighted by Crippen LogP contribution is -2.17. The maximum Gasteiger partial charge on any atom is 0.106 e. The number of nitrogens with zero attached hydrogens (tertiary/aromatic N) is 2. The monoisotopic (exact) mass is 228 g/mol. The Labute approximate surface area is 81.7 Å². The zero-order chi connectivity index (χ0) is 8.97. The molecule has 0 spiro atoms. The minimum atomic E-state index is 0.907. The molecule has 12 heavy (non-hydrogen) atoms. The van der Waals surface area contributed by atoms with E-state index < -0.39 is 0 Å². The van der Waals surface area contributed by atoms with Crippen molar-refractivity contribution in [1.82, 2.24) is 9.88 Å². The van der Waals surface area contributed by atoms with Crippen LogP contribution in [0.5, 0.6) is 0 Å². The van der Waals surface area contributed by atoms with Crippen LogP contribution in [0.4, 0.5) is 0 Å². The summed E-state index contributed by atoms with van der Waals surface area (Å²) >= 11 is 3.34. The summed E-state index contributed by atoms with van der Waals surface area (Å²) < 4.78 is 0.907. The van der Waals surface area contributed by atoms with Gasteiger partial charge in [0.1, 0.15) is 4.60 Å². The third-order valence-electron chi connectivity index (χ3n) is 1.74. The molecule has 2 nitrogen and oxygen atoms in total. The summed E-state index contributed by atoms with van der Waals surface area (Å²) in [4.78, 5) is 6.55. The van der Waals surface area contributed by atoms with Gasteiger partial charge in [-0.15, -0.1) is 0 Å². The van der Waals surface area contributed by atoms with Crippen molar-refractivity contribution >= 4 is 15.9 Å². The van der Waals surface area contributed by atoms with Gasteiger partial charge in [-0.2, -0.15) is 0 Å². The van der Waals surface area contributed by atoms with E-state index in [1.165, 1.54) is 0 Å². The van der Waals surface area contributed by atoms with Crippen LogP contribution >= 0.6 is 15.9 Å². The first-order valence-electron chi connectivity index (χ1n) is 4.02. The Morgan fingerprint density at radius 1 is 1.50 bits per heavy atom. The maximum atomic E-state index is 4.34. The van der Waals surface area contributed by atoms with E-state index in [2.05, 4.69) is 39.8 Å². The van der Waals surface area contributed by atoms with Crippen molar-refractivity contribution in [2.24, 2.45) is 0 Å². The van der Waals surface area contributed by atoms with Crippen LogP contribution in [-0.4, -0.2) is 23.5 Å². The molecule has 66 valence electrons. The Balaban J connectivity index is 2.63. The molecule has 0 aliphatic heterocycles. The van der Waals surface area contributed by atoms with Crippen molar-refractivity contribution in [3.63, 3.8) is 0 Å². The van der Waals surface area contributed by atoms with E-state index in [-0.39, 0.29) is 0 Å². The third kappa shape index (κ3) is 2.91. The van der Waals surface area contributed by atoms with E-state index in [0.717, 1.165) is 23.4 Å². The van der Waals surface area contributed by atoms with Crippen LogP contribution in [0.2, 0.25) is 0 Å². The molecule has 0 aliphatic rings. The van der Waals surface area contributed by atoms with Crippen LogP contribution < -0.4 is 0 Å². The molecule has 0 saturated heterocycles. The standard InChI is InChI=1S/C9H13BrN2/c1-3-12(2)7-8-5-4-6-9(10)11-8/h4-6H,3,7H2,1-2H3. The highest BCUT2D eigenvalue weighted by Gasteiger charge is 1.98. The Morgan fingerprint density at radius 3 is 2.83 bits per heavy atom. The summed E-state index contributed by atoms with van der Waals surface area (Å²) in [5, 5.41) is 0. The molecule has 0 saturated carbocycles. The number of pyridine rings is 1. The highest BCUT2D eigenvalue weighted by atomic mass is 79.9. The second-order valence-corrected chi connectivity index (χ2v) is 3.59. The van der Waals surface area contributed by atoms with Crippen molar-refractivity contribution < 1.29 is 0 Å². The SMILES string of the molecule is CCN(C)Cc1cccc(Br)n1. The number of halogens is 1. The lowest BCUT2D eigenvalue weighted by molar-refractivity contribution is 0.341. The summed E-state index contributed by atoms with van der Waals surface area (Å²) in [5.74, 6) is 0. The number of hydrogen-bond acceptors (Lipinski definition) is 2. The third-order valence-corrected chi connectivity index (χ3v) is 2.19.